The van der Waals surface area contributed by atoms with Crippen molar-refractivity contribution in [3.05, 3.63) is 102 Å². The van der Waals surface area contributed by atoms with Gasteiger partial charge in [-0.25, -0.2) is 13.2 Å². The van der Waals surface area contributed by atoms with E-state index in [1.165, 1.54) is 54.6 Å². The first-order valence-electron chi connectivity index (χ1n) is 9.00. The number of anilines is 1. The van der Waals surface area contributed by atoms with Gasteiger partial charge in [0.25, 0.3) is 10.0 Å². The number of halogens is 3. The molecule has 3 aromatic carbocycles. The summed E-state index contributed by atoms with van der Waals surface area (Å²) in [5.41, 5.74) is -0.0909. The first-order chi connectivity index (χ1) is 15.1. The summed E-state index contributed by atoms with van der Waals surface area (Å²) in [6.45, 7) is 0. The lowest BCUT2D eigenvalue weighted by Gasteiger charge is -2.09. The largest absolute Gasteiger partial charge is 0.421 e. The predicted octanol–water partition coefficient (Wildman–Crippen LogP) is 6.00. The van der Waals surface area contributed by atoms with E-state index >= 15 is 0 Å². The van der Waals surface area contributed by atoms with Crippen molar-refractivity contribution < 1.29 is 17.6 Å². The standard InChI is InChI=1S/C22H12Br2ClNO5S/c23-14-9-13-10-18(22(28)31-21(13)19(24)11-14)20(27)12-1-5-16(6-2-12)26-32(29,30)17-7-3-15(25)4-8-17/h1-11,26H. The van der Waals surface area contributed by atoms with E-state index in [4.69, 9.17) is 16.0 Å². The Hall–Kier alpha value is -2.46. The molecule has 0 spiro atoms. The number of rotatable bonds is 5. The van der Waals surface area contributed by atoms with Crippen LogP contribution in [-0.2, 0) is 10.0 Å². The Morgan fingerprint density at radius 3 is 2.25 bits per heavy atom. The normalized spacial score (nSPS) is 11.5. The van der Waals surface area contributed by atoms with Crippen LogP contribution in [-0.4, -0.2) is 14.2 Å². The van der Waals surface area contributed by atoms with Gasteiger partial charge in [-0.1, -0.05) is 27.5 Å². The van der Waals surface area contributed by atoms with Gasteiger partial charge in [-0.15, -0.1) is 0 Å². The van der Waals surface area contributed by atoms with Crippen LogP contribution in [0.2, 0.25) is 5.02 Å². The summed E-state index contributed by atoms with van der Waals surface area (Å²) >= 11 is 12.5. The SMILES string of the molecule is O=C(c1ccc(NS(=O)(=O)c2ccc(Cl)cc2)cc1)c1cc2cc(Br)cc(Br)c2oc1=O. The zero-order valence-corrected chi connectivity index (χ0v) is 20.7. The summed E-state index contributed by atoms with van der Waals surface area (Å²) in [7, 11) is -3.82. The molecule has 1 N–H and O–H groups in total. The van der Waals surface area contributed by atoms with Crippen LogP contribution < -0.4 is 10.3 Å². The Bertz CT molecular complexity index is 1520. The highest BCUT2D eigenvalue weighted by Gasteiger charge is 2.18. The van der Waals surface area contributed by atoms with Crippen LogP contribution in [0, 0.1) is 0 Å². The van der Waals surface area contributed by atoms with E-state index in [9.17, 15) is 18.0 Å². The van der Waals surface area contributed by atoms with Crippen LogP contribution in [0.3, 0.4) is 0 Å². The monoisotopic (exact) mass is 595 g/mol. The second kappa shape index (κ2) is 8.82. The average Bonchev–Trinajstić information content (AvgIpc) is 2.74. The molecule has 0 radical (unpaired) electrons. The molecule has 1 heterocycles. The fraction of sp³-hybridized carbons (Fsp3) is 0. The molecular weight excluding hydrogens is 586 g/mol. The number of hydrogen-bond donors (Lipinski definition) is 1. The van der Waals surface area contributed by atoms with E-state index < -0.39 is 21.4 Å². The number of carbonyl (C=O) groups is 1. The quantitative estimate of drug-likeness (QED) is 0.225. The van der Waals surface area contributed by atoms with E-state index in [-0.39, 0.29) is 21.7 Å². The topological polar surface area (TPSA) is 93.4 Å². The van der Waals surface area contributed by atoms with Crippen LogP contribution in [0.5, 0.6) is 0 Å². The van der Waals surface area contributed by atoms with Gasteiger partial charge in [0.2, 0.25) is 0 Å². The van der Waals surface area contributed by atoms with Gasteiger partial charge in [0.1, 0.15) is 5.56 Å². The van der Waals surface area contributed by atoms with Crippen LogP contribution in [0.25, 0.3) is 11.0 Å². The second-order valence-electron chi connectivity index (χ2n) is 6.72. The van der Waals surface area contributed by atoms with E-state index in [0.29, 0.717) is 20.5 Å². The molecule has 1 aromatic heterocycles. The van der Waals surface area contributed by atoms with Crippen LogP contribution in [0.1, 0.15) is 15.9 Å². The smallest absolute Gasteiger partial charge is 0.347 e. The molecule has 4 aromatic rings. The summed E-state index contributed by atoms with van der Waals surface area (Å²) in [6, 6.07) is 16.4. The minimum Gasteiger partial charge on any atom is -0.421 e. The molecule has 0 atom stereocenters. The van der Waals surface area contributed by atoms with Gasteiger partial charge in [0.15, 0.2) is 11.4 Å². The molecular formula is C22H12Br2ClNO5S. The molecule has 162 valence electrons. The summed E-state index contributed by atoms with van der Waals surface area (Å²) in [5.74, 6) is -0.538. The highest BCUT2D eigenvalue weighted by atomic mass is 79.9. The van der Waals surface area contributed by atoms with Crippen LogP contribution in [0.4, 0.5) is 5.69 Å². The highest BCUT2D eigenvalue weighted by molar-refractivity contribution is 9.11. The first-order valence-corrected chi connectivity index (χ1v) is 12.4. The third kappa shape index (κ3) is 4.66. The Balaban J connectivity index is 1.62. The molecule has 0 unspecified atom stereocenters. The summed E-state index contributed by atoms with van der Waals surface area (Å²) < 4.78 is 34.1. The van der Waals surface area contributed by atoms with Gasteiger partial charge >= 0.3 is 5.63 Å². The molecule has 0 aliphatic heterocycles. The van der Waals surface area contributed by atoms with Crippen molar-refractivity contribution in [3.8, 4) is 0 Å². The van der Waals surface area contributed by atoms with Gasteiger partial charge in [-0.2, -0.15) is 0 Å². The molecule has 32 heavy (non-hydrogen) atoms. The molecule has 10 heteroatoms. The maximum absolute atomic E-state index is 12.9. The van der Waals surface area contributed by atoms with Gasteiger partial charge in [0, 0.05) is 26.1 Å². The lowest BCUT2D eigenvalue weighted by molar-refractivity contribution is 0.103. The van der Waals surface area contributed by atoms with Crippen molar-refractivity contribution in [2.45, 2.75) is 4.90 Å². The fourth-order valence-electron chi connectivity index (χ4n) is 2.99. The Kier molecular flexibility index (Phi) is 6.26. The van der Waals surface area contributed by atoms with Crippen molar-refractivity contribution >= 4 is 75.9 Å². The molecule has 0 aliphatic rings. The maximum Gasteiger partial charge on any atom is 0.347 e. The Morgan fingerprint density at radius 2 is 1.59 bits per heavy atom. The molecule has 0 fully saturated rings. The van der Waals surface area contributed by atoms with Crippen molar-refractivity contribution in [1.29, 1.82) is 0 Å². The van der Waals surface area contributed by atoms with Crippen molar-refractivity contribution in [2.24, 2.45) is 0 Å². The first kappa shape index (κ1) is 22.7. The van der Waals surface area contributed by atoms with Gasteiger partial charge in [0.05, 0.1) is 9.37 Å². The third-order valence-electron chi connectivity index (χ3n) is 4.52. The molecule has 0 saturated heterocycles. The van der Waals surface area contributed by atoms with E-state index in [1.54, 1.807) is 12.1 Å². The summed E-state index contributed by atoms with van der Waals surface area (Å²) in [4.78, 5) is 25.3. The minimum absolute atomic E-state index is 0.0492. The molecule has 0 saturated carbocycles. The zero-order chi connectivity index (χ0) is 23.0. The summed E-state index contributed by atoms with van der Waals surface area (Å²) in [5, 5.41) is 0.992. The fourth-order valence-corrected chi connectivity index (χ4v) is 5.51. The van der Waals surface area contributed by atoms with Crippen molar-refractivity contribution in [1.82, 2.24) is 0 Å². The number of fused-ring (bicyclic) bond motifs is 1. The highest BCUT2D eigenvalue weighted by Crippen LogP contribution is 2.28. The summed E-state index contributed by atoms with van der Waals surface area (Å²) in [6.07, 6.45) is 0. The Morgan fingerprint density at radius 1 is 0.938 bits per heavy atom. The zero-order valence-electron chi connectivity index (χ0n) is 15.9. The number of sulfonamides is 1. The number of benzene rings is 3. The van der Waals surface area contributed by atoms with Crippen LogP contribution in [0.15, 0.2) is 89.8 Å². The van der Waals surface area contributed by atoms with Crippen molar-refractivity contribution in [2.75, 3.05) is 4.72 Å². The van der Waals surface area contributed by atoms with Gasteiger partial charge < -0.3 is 4.42 Å². The number of carbonyl (C=O) groups excluding carboxylic acids is 1. The third-order valence-corrected chi connectivity index (χ3v) is 7.22. The maximum atomic E-state index is 12.9. The van der Waals surface area contributed by atoms with Gasteiger partial charge in [-0.3, -0.25) is 9.52 Å². The second-order valence-corrected chi connectivity index (χ2v) is 10.6. The predicted molar refractivity (Wildman–Crippen MR) is 130 cm³/mol. The molecule has 0 bridgehead atoms. The average molecular weight is 598 g/mol. The number of nitrogens with one attached hydrogen (secondary N) is 1. The Labute approximate surface area is 204 Å². The van der Waals surface area contributed by atoms with Gasteiger partial charge in [-0.05, 0) is 82.7 Å². The molecule has 6 nitrogen and oxygen atoms in total. The number of hydrogen-bond acceptors (Lipinski definition) is 5. The van der Waals surface area contributed by atoms with Crippen molar-refractivity contribution in [3.63, 3.8) is 0 Å². The minimum atomic E-state index is -3.82. The molecule has 0 aliphatic carbocycles. The van der Waals surface area contributed by atoms with E-state index in [2.05, 4.69) is 36.6 Å². The lowest BCUT2D eigenvalue weighted by atomic mass is 10.0. The molecule has 0 amide bonds. The van der Waals surface area contributed by atoms with E-state index in [0.717, 1.165) is 4.47 Å². The lowest BCUT2D eigenvalue weighted by Crippen LogP contribution is -2.15. The molecule has 4 rings (SSSR count). The number of ketones is 1. The van der Waals surface area contributed by atoms with E-state index in [1.807, 2.05) is 0 Å². The van der Waals surface area contributed by atoms with Crippen LogP contribution >= 0.6 is 43.5 Å².